The predicted octanol–water partition coefficient (Wildman–Crippen LogP) is 2.92. The first kappa shape index (κ1) is 13.6. The molecule has 20 heavy (non-hydrogen) atoms. The number of nitrogen functional groups attached to an aromatic ring is 1. The molecule has 2 N–H and O–H groups in total. The van der Waals surface area contributed by atoms with Crippen molar-refractivity contribution in [1.82, 2.24) is 0 Å². The van der Waals surface area contributed by atoms with Gasteiger partial charge in [0.1, 0.15) is 12.4 Å². The highest BCUT2D eigenvalue weighted by Crippen LogP contribution is 2.21. The first-order valence-corrected chi connectivity index (χ1v) is 6.12. The minimum absolute atomic E-state index is 0.0684. The number of ketones is 1. The van der Waals surface area contributed by atoms with Gasteiger partial charge in [0, 0.05) is 17.3 Å². The van der Waals surface area contributed by atoms with Crippen LogP contribution in [0, 0.1) is 11.3 Å². The lowest BCUT2D eigenvalue weighted by Gasteiger charge is -2.09. The molecule has 0 aliphatic rings. The van der Waals surface area contributed by atoms with Gasteiger partial charge in [-0.15, -0.1) is 0 Å². The van der Waals surface area contributed by atoms with Crippen molar-refractivity contribution in [3.8, 4) is 11.8 Å². The van der Waals surface area contributed by atoms with Crippen molar-refractivity contribution >= 4 is 11.5 Å². The van der Waals surface area contributed by atoms with Crippen LogP contribution in [0.5, 0.6) is 5.75 Å². The fourth-order valence-electron chi connectivity index (χ4n) is 1.79. The summed E-state index contributed by atoms with van der Waals surface area (Å²) < 4.78 is 5.61. The van der Waals surface area contributed by atoms with Crippen molar-refractivity contribution < 1.29 is 9.53 Å². The maximum absolute atomic E-state index is 11.3. The molecule has 0 radical (unpaired) electrons. The van der Waals surface area contributed by atoms with Gasteiger partial charge in [-0.05, 0) is 36.8 Å². The zero-order valence-electron chi connectivity index (χ0n) is 11.1. The van der Waals surface area contributed by atoms with Gasteiger partial charge < -0.3 is 10.5 Å². The van der Waals surface area contributed by atoms with Crippen molar-refractivity contribution in [2.75, 3.05) is 5.73 Å². The van der Waals surface area contributed by atoms with E-state index in [1.54, 1.807) is 30.3 Å². The molecule has 0 aliphatic carbocycles. The molecular formula is C16H14N2O2. The summed E-state index contributed by atoms with van der Waals surface area (Å²) in [7, 11) is 0. The van der Waals surface area contributed by atoms with Crippen LogP contribution in [0.4, 0.5) is 5.69 Å². The van der Waals surface area contributed by atoms with Crippen LogP contribution in [-0.4, -0.2) is 5.78 Å². The standard InChI is InChI=1S/C16H14N2O2/c1-11(19)15-7-6-14(8-16(15)18)20-10-13-4-2-12(9-17)3-5-13/h2-8H,10,18H2,1H3. The van der Waals surface area contributed by atoms with Gasteiger partial charge in [0.2, 0.25) is 0 Å². The average Bonchev–Trinajstić information content (AvgIpc) is 2.45. The number of rotatable bonds is 4. The second kappa shape index (κ2) is 5.89. The van der Waals surface area contributed by atoms with E-state index in [-0.39, 0.29) is 5.78 Å². The van der Waals surface area contributed by atoms with Crippen LogP contribution < -0.4 is 10.5 Å². The number of Topliss-reactive ketones (excluding diaryl/α,β-unsaturated/α-hetero) is 1. The molecule has 0 spiro atoms. The Bertz CT molecular complexity index is 670. The summed E-state index contributed by atoms with van der Waals surface area (Å²) in [5.41, 5.74) is 8.27. The van der Waals surface area contributed by atoms with Crippen molar-refractivity contribution in [3.05, 3.63) is 59.2 Å². The van der Waals surface area contributed by atoms with Crippen LogP contribution in [0.3, 0.4) is 0 Å². The van der Waals surface area contributed by atoms with Gasteiger partial charge in [-0.2, -0.15) is 5.26 Å². The zero-order valence-corrected chi connectivity index (χ0v) is 11.1. The highest BCUT2D eigenvalue weighted by atomic mass is 16.5. The number of anilines is 1. The molecule has 0 bridgehead atoms. The molecular weight excluding hydrogens is 252 g/mol. The number of hydrogen-bond acceptors (Lipinski definition) is 4. The van der Waals surface area contributed by atoms with E-state index in [9.17, 15) is 4.79 Å². The summed E-state index contributed by atoms with van der Waals surface area (Å²) in [6.07, 6.45) is 0. The van der Waals surface area contributed by atoms with E-state index in [1.165, 1.54) is 6.92 Å². The van der Waals surface area contributed by atoms with Crippen molar-refractivity contribution in [1.29, 1.82) is 5.26 Å². The minimum atomic E-state index is -0.0684. The lowest BCUT2D eigenvalue weighted by Crippen LogP contribution is -2.01. The molecule has 0 atom stereocenters. The lowest BCUT2D eigenvalue weighted by atomic mass is 10.1. The number of carbonyl (C=O) groups is 1. The van der Waals surface area contributed by atoms with Crippen molar-refractivity contribution in [2.24, 2.45) is 0 Å². The van der Waals surface area contributed by atoms with Gasteiger partial charge in [-0.1, -0.05) is 12.1 Å². The summed E-state index contributed by atoms with van der Waals surface area (Å²) in [5, 5.41) is 8.72. The number of carbonyl (C=O) groups excluding carboxylic acids is 1. The fourth-order valence-corrected chi connectivity index (χ4v) is 1.79. The Morgan fingerprint density at radius 1 is 1.25 bits per heavy atom. The molecule has 0 aromatic heterocycles. The molecule has 2 aromatic carbocycles. The van der Waals surface area contributed by atoms with Gasteiger partial charge in [0.05, 0.1) is 11.6 Å². The average molecular weight is 266 g/mol. The third-order valence-corrected chi connectivity index (χ3v) is 2.89. The molecule has 4 nitrogen and oxygen atoms in total. The van der Waals surface area contributed by atoms with Crippen LogP contribution >= 0.6 is 0 Å². The topological polar surface area (TPSA) is 76.1 Å². The highest BCUT2D eigenvalue weighted by Gasteiger charge is 2.06. The number of nitrogens with zero attached hydrogens (tertiary/aromatic N) is 1. The van der Waals surface area contributed by atoms with E-state index < -0.39 is 0 Å². The Labute approximate surface area is 117 Å². The molecule has 0 saturated heterocycles. The second-order valence-electron chi connectivity index (χ2n) is 4.40. The van der Waals surface area contributed by atoms with Crippen LogP contribution in [0.2, 0.25) is 0 Å². The lowest BCUT2D eigenvalue weighted by molar-refractivity contribution is 0.101. The summed E-state index contributed by atoms with van der Waals surface area (Å²) in [6, 6.07) is 14.2. The van der Waals surface area contributed by atoms with Gasteiger partial charge >= 0.3 is 0 Å². The quantitative estimate of drug-likeness (QED) is 0.682. The van der Waals surface area contributed by atoms with Gasteiger partial charge in [0.25, 0.3) is 0 Å². The summed E-state index contributed by atoms with van der Waals surface area (Å²) in [4.78, 5) is 11.3. The summed E-state index contributed by atoms with van der Waals surface area (Å²) in [6.45, 7) is 1.85. The molecule has 0 amide bonds. The predicted molar refractivity (Wildman–Crippen MR) is 76.3 cm³/mol. The van der Waals surface area contributed by atoms with E-state index in [1.807, 2.05) is 12.1 Å². The first-order chi connectivity index (χ1) is 9.60. The molecule has 0 unspecified atom stereocenters. The fraction of sp³-hybridized carbons (Fsp3) is 0.125. The highest BCUT2D eigenvalue weighted by molar-refractivity contribution is 5.99. The van der Waals surface area contributed by atoms with Crippen LogP contribution in [0.1, 0.15) is 28.4 Å². The number of ether oxygens (including phenoxy) is 1. The Hall–Kier alpha value is -2.80. The largest absolute Gasteiger partial charge is 0.489 e. The molecule has 2 rings (SSSR count). The molecule has 0 aliphatic heterocycles. The molecule has 0 heterocycles. The Kier molecular flexibility index (Phi) is 4.02. The molecule has 2 aromatic rings. The van der Waals surface area contributed by atoms with E-state index in [2.05, 4.69) is 6.07 Å². The molecule has 0 fully saturated rings. The minimum Gasteiger partial charge on any atom is -0.489 e. The van der Waals surface area contributed by atoms with Crippen molar-refractivity contribution in [2.45, 2.75) is 13.5 Å². The van der Waals surface area contributed by atoms with E-state index in [0.717, 1.165) is 5.56 Å². The van der Waals surface area contributed by atoms with Gasteiger partial charge in [-0.25, -0.2) is 0 Å². The third-order valence-electron chi connectivity index (χ3n) is 2.89. The van der Waals surface area contributed by atoms with Crippen LogP contribution in [-0.2, 0) is 6.61 Å². The zero-order chi connectivity index (χ0) is 14.5. The Morgan fingerprint density at radius 3 is 2.50 bits per heavy atom. The normalized spacial score (nSPS) is 9.80. The maximum atomic E-state index is 11.3. The summed E-state index contributed by atoms with van der Waals surface area (Å²) in [5.74, 6) is 0.540. The van der Waals surface area contributed by atoms with E-state index in [0.29, 0.717) is 29.2 Å². The van der Waals surface area contributed by atoms with Crippen LogP contribution in [0.15, 0.2) is 42.5 Å². The monoisotopic (exact) mass is 266 g/mol. The van der Waals surface area contributed by atoms with Crippen LogP contribution in [0.25, 0.3) is 0 Å². The molecule has 100 valence electrons. The number of benzene rings is 2. The Balaban J connectivity index is 2.05. The number of nitriles is 1. The smallest absolute Gasteiger partial charge is 0.161 e. The second-order valence-corrected chi connectivity index (χ2v) is 4.40. The maximum Gasteiger partial charge on any atom is 0.161 e. The number of hydrogen-bond donors (Lipinski definition) is 1. The van der Waals surface area contributed by atoms with E-state index in [4.69, 9.17) is 15.7 Å². The van der Waals surface area contributed by atoms with Gasteiger partial charge in [0.15, 0.2) is 5.78 Å². The summed E-state index contributed by atoms with van der Waals surface area (Å²) >= 11 is 0. The van der Waals surface area contributed by atoms with Gasteiger partial charge in [-0.3, -0.25) is 4.79 Å². The third kappa shape index (κ3) is 3.15. The van der Waals surface area contributed by atoms with Crippen molar-refractivity contribution in [3.63, 3.8) is 0 Å². The molecule has 0 saturated carbocycles. The Morgan fingerprint density at radius 2 is 1.95 bits per heavy atom. The number of nitrogens with two attached hydrogens (primary N) is 1. The molecule has 4 heteroatoms. The SMILES string of the molecule is CC(=O)c1ccc(OCc2ccc(C#N)cc2)cc1N. The van der Waals surface area contributed by atoms with E-state index >= 15 is 0 Å². The first-order valence-electron chi connectivity index (χ1n) is 6.12.